The number of esters is 12. The zero-order valence-electron chi connectivity index (χ0n) is 55.4. The number of allylic oxidation sites excluding steroid dienone is 2. The molecule has 30 heteroatoms. The molecule has 514 valence electrons. The highest BCUT2D eigenvalue weighted by atomic mass is 16.6. The summed E-state index contributed by atoms with van der Waals surface area (Å²) >= 11 is 0. The quantitative estimate of drug-likeness (QED) is 0.0329. The van der Waals surface area contributed by atoms with Crippen LogP contribution in [0.3, 0.4) is 0 Å². The molecule has 0 unspecified atom stereocenters. The Labute approximate surface area is 548 Å². The molecule has 0 aliphatic carbocycles. The molecule has 0 amide bonds. The average Bonchev–Trinajstić information content (AvgIpc) is 1.57. The number of fused-ring (bicyclic) bond motifs is 18. The smallest absolute Gasteiger partial charge is 0.310 e. The minimum Gasteiger partial charge on any atom is -0.469 e. The first kappa shape index (κ1) is 72.7. The van der Waals surface area contributed by atoms with Gasteiger partial charge in [0.25, 0.3) is 0 Å². The summed E-state index contributed by atoms with van der Waals surface area (Å²) in [5.74, 6) is -9.14. The van der Waals surface area contributed by atoms with E-state index in [1.54, 1.807) is 0 Å². The second-order valence-electron chi connectivity index (χ2n) is 21.8. The van der Waals surface area contributed by atoms with Gasteiger partial charge < -0.3 is 76.8 Å². The van der Waals surface area contributed by atoms with Crippen molar-refractivity contribution in [1.82, 2.24) is 29.9 Å². The summed E-state index contributed by atoms with van der Waals surface area (Å²) in [5, 5.41) is 0. The molecule has 5 aromatic heterocycles. The van der Waals surface area contributed by atoms with Gasteiger partial charge in [0, 0.05) is 38.5 Å². The molecule has 4 N–H and O–H groups in total. The Morgan fingerprint density at radius 1 is 0.219 bits per heavy atom. The molecule has 7 heterocycles. The van der Waals surface area contributed by atoms with Crippen LogP contribution in [-0.2, 0) is 166 Å². The number of aryl methyl sites for hydroxylation is 4. The third-order valence-corrected chi connectivity index (χ3v) is 16.8. The number of H-pyrrole nitrogens is 4. The van der Waals surface area contributed by atoms with Gasteiger partial charge in [-0.3, -0.25) is 57.5 Å². The molecular formula is C66H76N6O24. The second-order valence-corrected chi connectivity index (χ2v) is 21.8. The maximum atomic E-state index is 14.1. The zero-order valence-corrected chi connectivity index (χ0v) is 55.4. The van der Waals surface area contributed by atoms with Crippen LogP contribution in [0.1, 0.15) is 131 Å². The number of aromatic nitrogens is 6. The molecule has 30 nitrogen and oxygen atoms in total. The molecule has 96 heavy (non-hydrogen) atoms. The van der Waals surface area contributed by atoms with Crippen LogP contribution in [0.4, 0.5) is 0 Å². The van der Waals surface area contributed by atoms with E-state index in [-0.39, 0.29) is 211 Å². The van der Waals surface area contributed by atoms with E-state index in [1.165, 1.54) is 42.7 Å². The number of ether oxygens (including phenoxy) is 12. The maximum Gasteiger partial charge on any atom is 0.310 e. The molecule has 2 aliphatic heterocycles. The van der Waals surface area contributed by atoms with Gasteiger partial charge in [0.15, 0.2) is 0 Å². The number of carbonyl (C=O) groups is 12. The first-order chi connectivity index (χ1) is 46.0. The molecule has 5 aromatic rings. The van der Waals surface area contributed by atoms with Crippen molar-refractivity contribution in [2.45, 2.75) is 116 Å². The Morgan fingerprint density at radius 3 is 0.635 bits per heavy atom. The van der Waals surface area contributed by atoms with Crippen LogP contribution in [0.15, 0.2) is 0 Å². The predicted octanol–water partition coefficient (Wildman–Crippen LogP) is 5.42. The molecule has 0 spiro atoms. The normalized spacial score (nSPS) is 11.9. The molecule has 0 fully saturated rings. The van der Waals surface area contributed by atoms with Gasteiger partial charge in [0.2, 0.25) is 0 Å². The van der Waals surface area contributed by atoms with Crippen LogP contribution in [-0.4, -0.2) is 187 Å². The molecule has 0 aromatic carbocycles. The van der Waals surface area contributed by atoms with Crippen molar-refractivity contribution in [3.05, 3.63) is 67.3 Å². The van der Waals surface area contributed by atoms with Gasteiger partial charge in [-0.1, -0.05) is 0 Å². The topological polar surface area (TPSA) is 405 Å². The molecule has 0 saturated heterocycles. The molecule has 2 aliphatic rings. The van der Waals surface area contributed by atoms with Crippen molar-refractivity contribution >= 4 is 138 Å². The number of carbonyl (C=O) groups excluding carboxylic acids is 12. The highest BCUT2D eigenvalue weighted by molar-refractivity contribution is 6.11. The Bertz CT molecular complexity index is 3940. The third-order valence-electron chi connectivity index (χ3n) is 16.8. The fourth-order valence-electron chi connectivity index (χ4n) is 11.9. The van der Waals surface area contributed by atoms with Gasteiger partial charge in [-0.05, 0) is 105 Å². The second kappa shape index (κ2) is 32.9. The Hall–Kier alpha value is -10.7. The fraction of sp³-hybridized carbons (Fsp3) is 0.455. The summed E-state index contributed by atoms with van der Waals surface area (Å²) in [5.41, 5.74) is 2.26. The number of hydrogen-bond acceptors (Lipinski definition) is 26. The monoisotopic (exact) mass is 1340 g/mol. The minimum atomic E-state index is -0.822. The van der Waals surface area contributed by atoms with E-state index in [4.69, 9.17) is 66.8 Å². The summed E-state index contributed by atoms with van der Waals surface area (Å²) < 4.78 is 62.9. The molecular weight excluding hydrogens is 1260 g/mol. The van der Waals surface area contributed by atoms with E-state index in [0.29, 0.717) is 0 Å². The molecule has 12 bridgehead atoms. The van der Waals surface area contributed by atoms with Crippen LogP contribution < -0.4 is 0 Å². The van der Waals surface area contributed by atoms with Gasteiger partial charge in [0.05, 0.1) is 191 Å². The highest BCUT2D eigenvalue weighted by Gasteiger charge is 2.36. The number of nitrogens with one attached hydrogen (secondary N) is 4. The Balaban J connectivity index is 2.05. The number of methoxy groups -OCH3 is 12. The van der Waals surface area contributed by atoms with E-state index in [2.05, 4.69) is 19.9 Å². The van der Waals surface area contributed by atoms with Crippen LogP contribution in [0.5, 0.6) is 0 Å². The average molecular weight is 1340 g/mol. The maximum absolute atomic E-state index is 14.1. The van der Waals surface area contributed by atoms with Gasteiger partial charge in [-0.2, -0.15) is 0 Å². The van der Waals surface area contributed by atoms with Crippen molar-refractivity contribution < 1.29 is 114 Å². The third kappa shape index (κ3) is 16.1. The van der Waals surface area contributed by atoms with Gasteiger partial charge >= 0.3 is 71.6 Å². The Kier molecular flexibility index (Phi) is 25.0. The van der Waals surface area contributed by atoms with Gasteiger partial charge in [-0.15, -0.1) is 0 Å². The summed E-state index contributed by atoms with van der Waals surface area (Å²) in [4.78, 5) is 190. The van der Waals surface area contributed by atoms with E-state index in [9.17, 15) is 57.5 Å². The van der Waals surface area contributed by atoms with Crippen molar-refractivity contribution in [1.29, 1.82) is 0 Å². The zero-order chi connectivity index (χ0) is 70.2. The van der Waals surface area contributed by atoms with E-state index in [0.717, 1.165) is 42.7 Å². The standard InChI is InChI=1S/C66H76N6O24/c1-85-43(73)19-13-31-37(25-49(79)91-7)61-62-39(27-51(81)93-9)33(15-21-45(75)87-3)57(69-62)58-35(17-23-47(77)89-5)41(29-53(83)95-11)65(71-58)66-42(30-54(84)96-12)36(18-24-48(78)90-6)60(72-66)59-34(16-22-46(76)88-4)40(28-52(82)94-10)64(70-59)63-38(26-50(80)92-8)32(14-20-44(74)86-2)56(68-63)55(31)67-61/h67-68,71-72H,13-30H2,1-12H3. The van der Waals surface area contributed by atoms with Gasteiger partial charge in [-0.25, -0.2) is 9.97 Å². The summed E-state index contributed by atoms with van der Waals surface area (Å²) in [6.07, 6.45) is -6.98. The first-order valence-electron chi connectivity index (χ1n) is 30.2. The van der Waals surface area contributed by atoms with E-state index in [1.807, 2.05) is 0 Å². The van der Waals surface area contributed by atoms with Crippen LogP contribution in [0, 0.1) is 0 Å². The lowest BCUT2D eigenvalue weighted by molar-refractivity contribution is -0.141. The Morgan fingerprint density at radius 2 is 0.396 bits per heavy atom. The van der Waals surface area contributed by atoms with Crippen LogP contribution >= 0.6 is 0 Å². The van der Waals surface area contributed by atoms with Crippen molar-refractivity contribution in [2.75, 3.05) is 85.3 Å². The summed E-state index contributed by atoms with van der Waals surface area (Å²) in [7, 11) is 13.9. The van der Waals surface area contributed by atoms with E-state index >= 15 is 0 Å². The number of aromatic amines is 4. The number of hydrogen-bond donors (Lipinski definition) is 4. The largest absolute Gasteiger partial charge is 0.469 e. The summed E-state index contributed by atoms with van der Waals surface area (Å²) in [6, 6.07) is 0. The summed E-state index contributed by atoms with van der Waals surface area (Å²) in [6.45, 7) is 0. The fourth-order valence-corrected chi connectivity index (χ4v) is 11.9. The lowest BCUT2D eigenvalue weighted by atomic mass is 9.93. The molecule has 7 rings (SSSR count). The highest BCUT2D eigenvalue weighted by Crippen LogP contribution is 2.47. The van der Waals surface area contributed by atoms with Crippen LogP contribution in [0.25, 0.3) is 66.4 Å². The number of nitrogens with zero attached hydrogens (tertiary/aromatic N) is 2. The number of rotatable bonds is 30. The van der Waals surface area contributed by atoms with E-state index < -0.39 is 110 Å². The molecule has 0 atom stereocenters. The van der Waals surface area contributed by atoms with Crippen molar-refractivity contribution in [3.63, 3.8) is 0 Å². The first-order valence-corrected chi connectivity index (χ1v) is 30.2. The predicted molar refractivity (Wildman–Crippen MR) is 338 cm³/mol. The SMILES string of the molecule is COC(=O)CCC1=C(CC(=O)OC)c2nc1c1[nH]c(c(CC(=O)OC)c1CCC(=O)OC)c1[nH]c(c3nc(c4[nH]c(c(CCC(=O)OC)c4CC(=O)OC)c4[nH]c2c(CC(=O)OC)c4CCC(=O)OC)C(CC(=O)OC)=C3CCC(=O)OC)c(CCC(=O)OC)c1CC(=O)OC. The van der Waals surface area contributed by atoms with Crippen molar-refractivity contribution in [2.24, 2.45) is 0 Å². The van der Waals surface area contributed by atoms with Crippen molar-refractivity contribution in [3.8, 4) is 0 Å². The molecule has 0 radical (unpaired) electrons. The molecule has 0 saturated carbocycles. The lowest BCUT2D eigenvalue weighted by Crippen LogP contribution is -2.09. The lowest BCUT2D eigenvalue weighted by Gasteiger charge is -2.10. The minimum absolute atomic E-state index is 0.00386. The van der Waals surface area contributed by atoms with Gasteiger partial charge in [0.1, 0.15) is 0 Å². The van der Waals surface area contributed by atoms with Crippen LogP contribution in [0.2, 0.25) is 0 Å².